The molecule has 2 fully saturated rings. The molecule has 0 aromatic heterocycles. The zero-order valence-electron chi connectivity index (χ0n) is 13.3. The Kier molecular flexibility index (Phi) is 5.44. The predicted molar refractivity (Wildman–Crippen MR) is 80.6 cm³/mol. The summed E-state index contributed by atoms with van der Waals surface area (Å²) in [5, 5.41) is 3.31. The zero-order valence-corrected chi connectivity index (χ0v) is 13.3. The van der Waals surface area contributed by atoms with Gasteiger partial charge in [-0.15, -0.1) is 0 Å². The van der Waals surface area contributed by atoms with Gasteiger partial charge in [-0.25, -0.2) is 0 Å². The van der Waals surface area contributed by atoms with Crippen LogP contribution in [-0.4, -0.2) is 49.7 Å². The molecule has 0 spiro atoms. The van der Waals surface area contributed by atoms with Crippen molar-refractivity contribution in [2.45, 2.75) is 52.6 Å². The number of amides is 1. The molecule has 4 nitrogen and oxygen atoms in total. The molecule has 2 aliphatic heterocycles. The van der Waals surface area contributed by atoms with E-state index < -0.39 is 0 Å². The highest BCUT2D eigenvalue weighted by Gasteiger charge is 2.30. The fourth-order valence-corrected chi connectivity index (χ4v) is 3.24. The zero-order chi connectivity index (χ0) is 14.6. The highest BCUT2D eigenvalue weighted by molar-refractivity contribution is 5.77. The van der Waals surface area contributed by atoms with Crippen LogP contribution >= 0.6 is 0 Å². The summed E-state index contributed by atoms with van der Waals surface area (Å²) in [6.07, 6.45) is 4.58. The molecule has 0 aromatic rings. The van der Waals surface area contributed by atoms with E-state index in [0.29, 0.717) is 5.41 Å². The van der Waals surface area contributed by atoms with Gasteiger partial charge < -0.3 is 15.0 Å². The Morgan fingerprint density at radius 1 is 1.15 bits per heavy atom. The molecule has 116 valence electrons. The van der Waals surface area contributed by atoms with Crippen LogP contribution in [0.25, 0.3) is 0 Å². The molecular formula is C16H30N2O2. The molecule has 20 heavy (non-hydrogen) atoms. The normalized spacial score (nSPS) is 23.1. The number of hydrogen-bond donors (Lipinski definition) is 1. The van der Waals surface area contributed by atoms with Crippen LogP contribution < -0.4 is 5.32 Å². The number of rotatable bonds is 3. The van der Waals surface area contributed by atoms with Crippen molar-refractivity contribution >= 4 is 5.91 Å². The Hall–Kier alpha value is -0.610. The molecule has 0 aliphatic carbocycles. The van der Waals surface area contributed by atoms with Gasteiger partial charge in [-0.1, -0.05) is 20.8 Å². The largest absolute Gasteiger partial charge is 0.368 e. The lowest BCUT2D eigenvalue weighted by Crippen LogP contribution is -2.43. The van der Waals surface area contributed by atoms with Gasteiger partial charge in [0, 0.05) is 13.1 Å². The first-order valence-corrected chi connectivity index (χ1v) is 8.07. The van der Waals surface area contributed by atoms with Gasteiger partial charge in [0.25, 0.3) is 0 Å². The summed E-state index contributed by atoms with van der Waals surface area (Å²) >= 11 is 0. The lowest BCUT2D eigenvalue weighted by Gasteiger charge is -2.39. The molecule has 2 heterocycles. The first-order valence-electron chi connectivity index (χ1n) is 8.07. The van der Waals surface area contributed by atoms with E-state index in [9.17, 15) is 4.79 Å². The van der Waals surface area contributed by atoms with E-state index in [1.165, 1.54) is 0 Å². The minimum absolute atomic E-state index is 0.177. The molecule has 0 atom stereocenters. The summed E-state index contributed by atoms with van der Waals surface area (Å²) in [5.74, 6) is 0.910. The molecule has 2 aliphatic rings. The molecule has 0 unspecified atom stereocenters. The van der Waals surface area contributed by atoms with Gasteiger partial charge in [0.1, 0.15) is 6.61 Å². The maximum absolute atomic E-state index is 12.2. The van der Waals surface area contributed by atoms with E-state index in [0.717, 1.165) is 57.8 Å². The number of nitrogens with one attached hydrogen (secondary N) is 1. The number of nitrogens with zero attached hydrogens (tertiary/aromatic N) is 1. The highest BCUT2D eigenvalue weighted by atomic mass is 16.5. The second-order valence-corrected chi connectivity index (χ2v) is 7.28. The Morgan fingerprint density at radius 3 is 2.30 bits per heavy atom. The van der Waals surface area contributed by atoms with Crippen LogP contribution in [0.1, 0.15) is 46.5 Å². The first kappa shape index (κ1) is 15.8. The van der Waals surface area contributed by atoms with Gasteiger partial charge in [0.05, 0.1) is 6.10 Å². The number of carbonyl (C=O) groups is 1. The third-order valence-corrected chi connectivity index (χ3v) is 4.80. The number of likely N-dealkylation sites (tertiary alicyclic amines) is 1. The lowest BCUT2D eigenvalue weighted by atomic mass is 9.75. The fourth-order valence-electron chi connectivity index (χ4n) is 3.24. The quantitative estimate of drug-likeness (QED) is 0.861. The van der Waals surface area contributed by atoms with Crippen LogP contribution in [0, 0.1) is 11.3 Å². The van der Waals surface area contributed by atoms with Crippen molar-refractivity contribution in [3.05, 3.63) is 0 Å². The van der Waals surface area contributed by atoms with Crippen molar-refractivity contribution < 1.29 is 9.53 Å². The minimum Gasteiger partial charge on any atom is -0.368 e. The van der Waals surface area contributed by atoms with E-state index in [2.05, 4.69) is 26.1 Å². The second-order valence-electron chi connectivity index (χ2n) is 7.28. The SMILES string of the molecule is CC(C)(C)C1CCN(C(=O)COC2CCNCC2)CC1. The Morgan fingerprint density at radius 2 is 1.75 bits per heavy atom. The predicted octanol–water partition coefficient (Wildman–Crippen LogP) is 2.04. The Balaban J connectivity index is 1.69. The van der Waals surface area contributed by atoms with Crippen molar-refractivity contribution in [1.82, 2.24) is 10.2 Å². The van der Waals surface area contributed by atoms with Crippen LogP contribution in [-0.2, 0) is 9.53 Å². The van der Waals surface area contributed by atoms with E-state index in [1.807, 2.05) is 4.90 Å². The molecule has 0 bridgehead atoms. The second kappa shape index (κ2) is 6.90. The summed E-state index contributed by atoms with van der Waals surface area (Å²) in [6, 6.07) is 0. The fraction of sp³-hybridized carbons (Fsp3) is 0.938. The Bertz CT molecular complexity index is 311. The van der Waals surface area contributed by atoms with Crippen LogP contribution in [0.2, 0.25) is 0 Å². The van der Waals surface area contributed by atoms with Gasteiger partial charge in [-0.2, -0.15) is 0 Å². The molecule has 2 saturated heterocycles. The van der Waals surface area contributed by atoms with Crippen molar-refractivity contribution in [2.24, 2.45) is 11.3 Å². The molecule has 4 heteroatoms. The van der Waals surface area contributed by atoms with Crippen molar-refractivity contribution in [1.29, 1.82) is 0 Å². The van der Waals surface area contributed by atoms with E-state index in [1.54, 1.807) is 0 Å². The molecular weight excluding hydrogens is 252 g/mol. The van der Waals surface area contributed by atoms with Gasteiger partial charge in [0.15, 0.2) is 0 Å². The van der Waals surface area contributed by atoms with Crippen molar-refractivity contribution in [3.63, 3.8) is 0 Å². The van der Waals surface area contributed by atoms with Gasteiger partial charge in [0.2, 0.25) is 5.91 Å². The lowest BCUT2D eigenvalue weighted by molar-refractivity contribution is -0.140. The van der Waals surface area contributed by atoms with Crippen LogP contribution in [0.5, 0.6) is 0 Å². The molecule has 1 amide bonds. The number of ether oxygens (including phenoxy) is 1. The number of piperidine rings is 2. The molecule has 2 rings (SSSR count). The topological polar surface area (TPSA) is 41.6 Å². The third kappa shape index (κ3) is 4.45. The maximum Gasteiger partial charge on any atom is 0.248 e. The van der Waals surface area contributed by atoms with Gasteiger partial charge >= 0.3 is 0 Å². The minimum atomic E-state index is 0.177. The van der Waals surface area contributed by atoms with Gasteiger partial charge in [-0.3, -0.25) is 4.79 Å². The smallest absolute Gasteiger partial charge is 0.248 e. The number of hydrogen-bond acceptors (Lipinski definition) is 3. The Labute approximate surface area is 123 Å². The van der Waals surface area contributed by atoms with Gasteiger partial charge in [-0.05, 0) is 50.1 Å². The summed E-state index contributed by atoms with van der Waals surface area (Å²) in [4.78, 5) is 14.2. The van der Waals surface area contributed by atoms with E-state index in [4.69, 9.17) is 4.74 Å². The monoisotopic (exact) mass is 282 g/mol. The van der Waals surface area contributed by atoms with Crippen LogP contribution in [0.15, 0.2) is 0 Å². The molecule has 1 N–H and O–H groups in total. The summed E-state index contributed by atoms with van der Waals surface area (Å²) in [6.45, 7) is 11.0. The molecule has 0 radical (unpaired) electrons. The standard InChI is InChI=1S/C16H30N2O2/c1-16(2,3)13-6-10-18(11-7-13)15(19)12-20-14-4-8-17-9-5-14/h13-14,17H,4-12H2,1-3H3. The third-order valence-electron chi connectivity index (χ3n) is 4.80. The summed E-state index contributed by atoms with van der Waals surface area (Å²) < 4.78 is 5.76. The van der Waals surface area contributed by atoms with E-state index >= 15 is 0 Å². The average molecular weight is 282 g/mol. The van der Waals surface area contributed by atoms with Crippen LogP contribution in [0.3, 0.4) is 0 Å². The number of carbonyl (C=O) groups excluding carboxylic acids is 1. The average Bonchev–Trinajstić information content (AvgIpc) is 2.45. The molecule has 0 aromatic carbocycles. The summed E-state index contributed by atoms with van der Waals surface area (Å²) in [7, 11) is 0. The maximum atomic E-state index is 12.2. The van der Waals surface area contributed by atoms with Crippen molar-refractivity contribution in [2.75, 3.05) is 32.8 Å². The first-order chi connectivity index (χ1) is 9.47. The van der Waals surface area contributed by atoms with Crippen molar-refractivity contribution in [3.8, 4) is 0 Å². The molecule has 0 saturated carbocycles. The van der Waals surface area contributed by atoms with Crippen LogP contribution in [0.4, 0.5) is 0 Å². The highest BCUT2D eigenvalue weighted by Crippen LogP contribution is 2.34. The summed E-state index contributed by atoms with van der Waals surface area (Å²) in [5.41, 5.74) is 0.362. The van der Waals surface area contributed by atoms with E-state index in [-0.39, 0.29) is 18.6 Å².